The van der Waals surface area contributed by atoms with Gasteiger partial charge in [-0.1, -0.05) is 38.4 Å². The number of halogens is 1. The summed E-state index contributed by atoms with van der Waals surface area (Å²) in [5.74, 6) is -2.36. The van der Waals surface area contributed by atoms with E-state index in [2.05, 4.69) is 10.9 Å². The second-order valence-corrected chi connectivity index (χ2v) is 7.88. The molecule has 7 heteroatoms. The molecular weight excluding hydrogens is 344 g/mol. The Morgan fingerprint density at radius 3 is 2.28 bits per heavy atom. The summed E-state index contributed by atoms with van der Waals surface area (Å²) in [7, 11) is 0. The number of rotatable bonds is 2. The average Bonchev–Trinajstić information content (AvgIpc) is 2.84. The minimum absolute atomic E-state index is 0.273. The molecule has 2 unspecified atom stereocenters. The number of hydrogen-bond acceptors (Lipinski definition) is 4. The van der Waals surface area contributed by atoms with Gasteiger partial charge in [-0.15, -0.1) is 0 Å². The van der Waals surface area contributed by atoms with Crippen molar-refractivity contribution in [2.24, 2.45) is 16.2 Å². The Bertz CT molecular complexity index is 819. The van der Waals surface area contributed by atoms with Crippen LogP contribution in [0.1, 0.15) is 44.0 Å². The van der Waals surface area contributed by atoms with Crippen LogP contribution < -0.4 is 10.9 Å². The third-order valence-corrected chi connectivity index (χ3v) is 6.54. The van der Waals surface area contributed by atoms with Crippen LogP contribution in [-0.2, 0) is 14.4 Å². The highest BCUT2D eigenvalue weighted by Crippen LogP contribution is 2.68. The monoisotopic (exact) mass is 362 g/mol. The van der Waals surface area contributed by atoms with E-state index in [1.807, 2.05) is 0 Å². The molecule has 2 aliphatic carbocycles. The Hall–Kier alpha value is -2.21. The van der Waals surface area contributed by atoms with Crippen LogP contribution in [0.2, 0.25) is 5.02 Å². The zero-order valence-electron chi connectivity index (χ0n) is 14.2. The van der Waals surface area contributed by atoms with Crippen LogP contribution in [-0.4, -0.2) is 23.4 Å². The molecule has 0 heterocycles. The van der Waals surface area contributed by atoms with E-state index in [1.165, 1.54) is 6.07 Å². The first kappa shape index (κ1) is 17.6. The van der Waals surface area contributed by atoms with Gasteiger partial charge in [-0.25, -0.2) is 0 Å². The highest BCUT2D eigenvalue weighted by Gasteiger charge is 2.77. The van der Waals surface area contributed by atoms with Crippen molar-refractivity contribution in [2.75, 3.05) is 0 Å². The fraction of sp³-hybridized carbons (Fsp3) is 0.444. The molecule has 0 saturated heterocycles. The van der Waals surface area contributed by atoms with E-state index in [9.17, 15) is 19.2 Å². The number of benzene rings is 1. The Labute approximate surface area is 150 Å². The molecule has 0 aromatic heterocycles. The summed E-state index contributed by atoms with van der Waals surface area (Å²) in [6.07, 6.45) is 0.764. The van der Waals surface area contributed by atoms with Crippen LogP contribution in [0, 0.1) is 16.2 Å². The van der Waals surface area contributed by atoms with Gasteiger partial charge in [-0.05, 0) is 36.5 Å². The first-order valence-corrected chi connectivity index (χ1v) is 8.41. The van der Waals surface area contributed by atoms with Crippen LogP contribution in [0.4, 0.5) is 0 Å². The smallest absolute Gasteiger partial charge is 0.269 e. The second kappa shape index (κ2) is 5.39. The third-order valence-electron chi connectivity index (χ3n) is 6.31. The lowest BCUT2D eigenvalue weighted by atomic mass is 9.64. The van der Waals surface area contributed by atoms with E-state index >= 15 is 0 Å². The minimum Gasteiger partial charge on any atom is -0.290 e. The molecule has 3 rings (SSSR count). The van der Waals surface area contributed by atoms with Gasteiger partial charge < -0.3 is 0 Å². The predicted octanol–water partition coefficient (Wildman–Crippen LogP) is 2.07. The fourth-order valence-corrected chi connectivity index (χ4v) is 4.39. The summed E-state index contributed by atoms with van der Waals surface area (Å²) in [4.78, 5) is 49.9. The molecule has 2 saturated carbocycles. The third kappa shape index (κ3) is 2.10. The van der Waals surface area contributed by atoms with E-state index in [0.717, 1.165) is 0 Å². The molecule has 2 atom stereocenters. The van der Waals surface area contributed by atoms with Crippen LogP contribution in [0.25, 0.3) is 0 Å². The summed E-state index contributed by atoms with van der Waals surface area (Å²) in [5, 5.41) is 0.391. The molecule has 0 aliphatic heterocycles. The molecule has 2 fully saturated rings. The molecule has 0 radical (unpaired) electrons. The van der Waals surface area contributed by atoms with Gasteiger partial charge in [0, 0.05) is 16.0 Å². The van der Waals surface area contributed by atoms with E-state index in [0.29, 0.717) is 17.9 Å². The van der Waals surface area contributed by atoms with Gasteiger partial charge in [-0.3, -0.25) is 30.0 Å². The van der Waals surface area contributed by atoms with Gasteiger partial charge in [0.2, 0.25) is 11.6 Å². The molecule has 25 heavy (non-hydrogen) atoms. The van der Waals surface area contributed by atoms with Crippen molar-refractivity contribution in [1.82, 2.24) is 10.9 Å². The van der Waals surface area contributed by atoms with Gasteiger partial charge in [0.25, 0.3) is 11.8 Å². The van der Waals surface area contributed by atoms with Crippen LogP contribution in [0.15, 0.2) is 24.3 Å². The Morgan fingerprint density at radius 2 is 1.72 bits per heavy atom. The number of carbonyl (C=O) groups excluding carboxylic acids is 4. The largest absolute Gasteiger partial charge is 0.290 e. The number of hydrogen-bond donors (Lipinski definition) is 2. The van der Waals surface area contributed by atoms with Gasteiger partial charge in [0.15, 0.2) is 0 Å². The predicted molar refractivity (Wildman–Crippen MR) is 90.6 cm³/mol. The standard InChI is InChI=1S/C18H19ClN2O4/c1-16(2)17(3)7-8-18(16,13(23)12(17)22)15(25)21-20-14(24)10-5-4-6-11(19)9-10/h4-6,9H,7-8H2,1-3H3,(H,20,24)(H,21,25). The molecular formula is C18H19ClN2O4. The Balaban J connectivity index is 1.81. The molecule has 1 aromatic carbocycles. The molecule has 2 N–H and O–H groups in total. The summed E-state index contributed by atoms with van der Waals surface area (Å²) in [5.41, 5.74) is 1.80. The normalized spacial score (nSPS) is 29.6. The maximum absolute atomic E-state index is 12.8. The van der Waals surface area contributed by atoms with E-state index in [4.69, 9.17) is 11.6 Å². The van der Waals surface area contributed by atoms with Gasteiger partial charge in [0.1, 0.15) is 5.41 Å². The van der Waals surface area contributed by atoms with E-state index in [1.54, 1.807) is 39.0 Å². The van der Waals surface area contributed by atoms with Crippen molar-refractivity contribution in [2.45, 2.75) is 33.6 Å². The van der Waals surface area contributed by atoms with Crippen LogP contribution in [0.3, 0.4) is 0 Å². The topological polar surface area (TPSA) is 92.3 Å². The summed E-state index contributed by atoms with van der Waals surface area (Å²) >= 11 is 5.84. The van der Waals surface area contributed by atoms with Gasteiger partial charge >= 0.3 is 0 Å². The first-order valence-electron chi connectivity index (χ1n) is 8.03. The van der Waals surface area contributed by atoms with Crippen molar-refractivity contribution in [3.63, 3.8) is 0 Å². The minimum atomic E-state index is -1.44. The van der Waals surface area contributed by atoms with Crippen molar-refractivity contribution >= 4 is 35.0 Å². The van der Waals surface area contributed by atoms with E-state index < -0.39 is 39.6 Å². The lowest BCUT2D eigenvalue weighted by Crippen LogP contribution is -2.55. The Kier molecular flexibility index (Phi) is 3.80. The SMILES string of the molecule is CC12CCC(C(=O)NNC(=O)c3cccc(Cl)c3)(C(=O)C1=O)C2(C)C. The van der Waals surface area contributed by atoms with Crippen molar-refractivity contribution < 1.29 is 19.2 Å². The quantitative estimate of drug-likeness (QED) is 0.478. The van der Waals surface area contributed by atoms with Crippen LogP contribution >= 0.6 is 11.6 Å². The molecule has 2 aliphatic rings. The molecule has 132 valence electrons. The number of amides is 2. The van der Waals surface area contributed by atoms with Gasteiger partial charge in [-0.2, -0.15) is 0 Å². The first-order chi connectivity index (χ1) is 11.6. The molecule has 1 aromatic rings. The number of ketones is 2. The molecule has 6 nitrogen and oxygen atoms in total. The van der Waals surface area contributed by atoms with Crippen molar-refractivity contribution in [3.8, 4) is 0 Å². The number of fused-ring (bicyclic) bond motifs is 2. The molecule has 0 spiro atoms. The summed E-state index contributed by atoms with van der Waals surface area (Å²) in [6.45, 7) is 5.27. The average molecular weight is 363 g/mol. The van der Waals surface area contributed by atoms with Gasteiger partial charge in [0.05, 0.1) is 0 Å². The van der Waals surface area contributed by atoms with E-state index in [-0.39, 0.29) is 5.56 Å². The fourth-order valence-electron chi connectivity index (χ4n) is 4.20. The maximum atomic E-state index is 12.8. The maximum Gasteiger partial charge on any atom is 0.269 e. The second-order valence-electron chi connectivity index (χ2n) is 7.44. The number of nitrogens with one attached hydrogen (secondary N) is 2. The zero-order chi connectivity index (χ0) is 18.6. The number of hydrazine groups is 1. The lowest BCUT2D eigenvalue weighted by Gasteiger charge is -2.36. The summed E-state index contributed by atoms with van der Waals surface area (Å²) in [6, 6.07) is 6.25. The zero-order valence-corrected chi connectivity index (χ0v) is 15.0. The molecule has 2 bridgehead atoms. The highest BCUT2D eigenvalue weighted by molar-refractivity contribution is 6.48. The Morgan fingerprint density at radius 1 is 1.04 bits per heavy atom. The van der Waals surface area contributed by atoms with Crippen LogP contribution in [0.5, 0.6) is 0 Å². The summed E-state index contributed by atoms with van der Waals surface area (Å²) < 4.78 is 0. The van der Waals surface area contributed by atoms with Crippen molar-refractivity contribution in [3.05, 3.63) is 34.9 Å². The number of Topliss-reactive ketones (excluding diaryl/α,β-unsaturated/α-hetero) is 2. The lowest BCUT2D eigenvalue weighted by molar-refractivity contribution is -0.149. The highest BCUT2D eigenvalue weighted by atomic mass is 35.5. The van der Waals surface area contributed by atoms with Crippen molar-refractivity contribution in [1.29, 1.82) is 0 Å². The molecule has 2 amide bonds. The number of carbonyl (C=O) groups is 4.